The normalized spacial score (nSPS) is 23.9. The highest BCUT2D eigenvalue weighted by atomic mass is 15.1. The van der Waals surface area contributed by atoms with Gasteiger partial charge in [-0.15, -0.1) is 0 Å². The van der Waals surface area contributed by atoms with Crippen LogP contribution >= 0.6 is 0 Å². The van der Waals surface area contributed by atoms with Crippen molar-refractivity contribution in [1.29, 1.82) is 0 Å². The zero-order valence-corrected chi connectivity index (χ0v) is 11.3. The Morgan fingerprint density at radius 1 is 0.944 bits per heavy atom. The molecule has 3 rings (SSSR count). The van der Waals surface area contributed by atoms with Gasteiger partial charge in [-0.25, -0.2) is 0 Å². The summed E-state index contributed by atoms with van der Waals surface area (Å²) in [6, 6.07) is 16.2. The molecular weight excluding hydrogens is 218 g/mol. The second kappa shape index (κ2) is 4.74. The van der Waals surface area contributed by atoms with Crippen LogP contribution in [0.25, 0.3) is 10.8 Å². The summed E-state index contributed by atoms with van der Waals surface area (Å²) < 4.78 is 0. The van der Waals surface area contributed by atoms with Crippen molar-refractivity contribution < 1.29 is 0 Å². The number of nitrogens with zero attached hydrogens (tertiary/aromatic N) is 1. The Labute approximate surface area is 109 Å². The van der Waals surface area contributed by atoms with E-state index in [1.165, 1.54) is 30.0 Å². The van der Waals surface area contributed by atoms with E-state index in [-0.39, 0.29) is 0 Å². The van der Waals surface area contributed by atoms with E-state index in [1.807, 2.05) is 0 Å². The molecule has 1 aliphatic rings. The summed E-state index contributed by atoms with van der Waals surface area (Å²) in [6.07, 6.45) is 4.02. The molecule has 0 saturated heterocycles. The smallest absolute Gasteiger partial charge is 0.0158 e. The van der Waals surface area contributed by atoms with Crippen LogP contribution in [0.3, 0.4) is 0 Å². The standard InChI is InChI=1S/C17H21N/c1-18(2)17-12-6-11-16(17)15-10-5-8-13-7-3-4-9-14(13)15/h3-5,7-10,16-17H,6,11-12H2,1-2H3. The van der Waals surface area contributed by atoms with Gasteiger partial charge in [0.25, 0.3) is 0 Å². The molecule has 1 aliphatic carbocycles. The summed E-state index contributed by atoms with van der Waals surface area (Å²) in [5, 5.41) is 2.82. The fourth-order valence-corrected chi connectivity index (χ4v) is 3.50. The largest absolute Gasteiger partial charge is 0.306 e. The Morgan fingerprint density at radius 3 is 2.56 bits per heavy atom. The monoisotopic (exact) mass is 239 g/mol. The van der Waals surface area contributed by atoms with E-state index in [2.05, 4.69) is 61.5 Å². The van der Waals surface area contributed by atoms with Crippen molar-refractivity contribution >= 4 is 10.8 Å². The summed E-state index contributed by atoms with van der Waals surface area (Å²) in [5.74, 6) is 0.700. The van der Waals surface area contributed by atoms with E-state index in [4.69, 9.17) is 0 Å². The molecule has 2 atom stereocenters. The van der Waals surface area contributed by atoms with Gasteiger partial charge in [0.2, 0.25) is 0 Å². The maximum Gasteiger partial charge on any atom is 0.0158 e. The van der Waals surface area contributed by atoms with Crippen LogP contribution in [0, 0.1) is 0 Å². The molecule has 1 saturated carbocycles. The number of hydrogen-bond donors (Lipinski definition) is 0. The van der Waals surface area contributed by atoms with Gasteiger partial charge in [0.15, 0.2) is 0 Å². The molecule has 0 aliphatic heterocycles. The third kappa shape index (κ3) is 1.93. The first-order chi connectivity index (χ1) is 8.77. The molecule has 2 aromatic rings. The van der Waals surface area contributed by atoms with E-state index in [1.54, 1.807) is 5.56 Å². The minimum Gasteiger partial charge on any atom is -0.306 e. The van der Waals surface area contributed by atoms with Crippen molar-refractivity contribution in [2.24, 2.45) is 0 Å². The lowest BCUT2D eigenvalue weighted by Gasteiger charge is -2.27. The SMILES string of the molecule is CN(C)C1CCCC1c1cccc2ccccc12. The lowest BCUT2D eigenvalue weighted by atomic mass is 9.89. The predicted octanol–water partition coefficient (Wildman–Crippen LogP) is 4.04. The van der Waals surface area contributed by atoms with E-state index in [9.17, 15) is 0 Å². The second-order valence-corrected chi connectivity index (χ2v) is 5.64. The van der Waals surface area contributed by atoms with Crippen molar-refractivity contribution in [3.05, 3.63) is 48.0 Å². The lowest BCUT2D eigenvalue weighted by molar-refractivity contribution is 0.276. The summed E-state index contributed by atoms with van der Waals surface area (Å²) in [7, 11) is 4.43. The highest BCUT2D eigenvalue weighted by Gasteiger charge is 2.30. The average molecular weight is 239 g/mol. The zero-order valence-electron chi connectivity index (χ0n) is 11.3. The molecule has 2 aromatic carbocycles. The van der Waals surface area contributed by atoms with Crippen molar-refractivity contribution in [3.63, 3.8) is 0 Å². The molecule has 0 radical (unpaired) electrons. The van der Waals surface area contributed by atoms with Crippen LogP contribution in [0.5, 0.6) is 0 Å². The number of fused-ring (bicyclic) bond motifs is 1. The molecule has 94 valence electrons. The Balaban J connectivity index is 2.08. The Bertz CT molecular complexity index is 539. The summed E-state index contributed by atoms with van der Waals surface area (Å²) in [6.45, 7) is 0. The van der Waals surface area contributed by atoms with Gasteiger partial charge in [0, 0.05) is 12.0 Å². The highest BCUT2D eigenvalue weighted by molar-refractivity contribution is 5.86. The van der Waals surface area contributed by atoms with Gasteiger partial charge in [-0.1, -0.05) is 48.9 Å². The topological polar surface area (TPSA) is 3.24 Å². The Morgan fingerprint density at radius 2 is 1.72 bits per heavy atom. The van der Waals surface area contributed by atoms with Crippen LogP contribution in [0.1, 0.15) is 30.7 Å². The van der Waals surface area contributed by atoms with Gasteiger partial charge >= 0.3 is 0 Å². The first-order valence-corrected chi connectivity index (χ1v) is 6.91. The minimum atomic E-state index is 0.700. The van der Waals surface area contributed by atoms with Crippen molar-refractivity contribution in [2.75, 3.05) is 14.1 Å². The molecule has 0 aromatic heterocycles. The summed E-state index contributed by atoms with van der Waals surface area (Å²) in [5.41, 5.74) is 1.55. The third-order valence-corrected chi connectivity index (χ3v) is 4.37. The molecule has 0 bridgehead atoms. The van der Waals surface area contributed by atoms with E-state index < -0.39 is 0 Å². The highest BCUT2D eigenvalue weighted by Crippen LogP contribution is 2.39. The summed E-state index contributed by atoms with van der Waals surface area (Å²) in [4.78, 5) is 2.40. The van der Waals surface area contributed by atoms with E-state index >= 15 is 0 Å². The lowest BCUT2D eigenvalue weighted by Crippen LogP contribution is -2.30. The molecule has 2 unspecified atom stereocenters. The van der Waals surface area contributed by atoms with Gasteiger partial charge in [-0.3, -0.25) is 0 Å². The van der Waals surface area contributed by atoms with Gasteiger partial charge in [-0.2, -0.15) is 0 Å². The Kier molecular flexibility index (Phi) is 3.09. The molecule has 18 heavy (non-hydrogen) atoms. The molecule has 0 amide bonds. The van der Waals surface area contributed by atoms with Crippen molar-refractivity contribution in [3.8, 4) is 0 Å². The molecule has 0 N–H and O–H groups in total. The number of hydrogen-bond acceptors (Lipinski definition) is 1. The number of benzene rings is 2. The van der Waals surface area contributed by atoms with Crippen LogP contribution in [0.2, 0.25) is 0 Å². The fraction of sp³-hybridized carbons (Fsp3) is 0.412. The number of rotatable bonds is 2. The molecular formula is C17H21N. The molecule has 1 fully saturated rings. The third-order valence-electron chi connectivity index (χ3n) is 4.37. The molecule has 0 heterocycles. The van der Waals surface area contributed by atoms with Crippen LogP contribution in [0.15, 0.2) is 42.5 Å². The fourth-order valence-electron chi connectivity index (χ4n) is 3.50. The predicted molar refractivity (Wildman–Crippen MR) is 78.0 cm³/mol. The van der Waals surface area contributed by atoms with Crippen LogP contribution in [0.4, 0.5) is 0 Å². The minimum absolute atomic E-state index is 0.700. The first kappa shape index (κ1) is 11.7. The Hall–Kier alpha value is -1.34. The maximum atomic E-state index is 2.40. The first-order valence-electron chi connectivity index (χ1n) is 6.91. The van der Waals surface area contributed by atoms with Gasteiger partial charge in [0.1, 0.15) is 0 Å². The van der Waals surface area contributed by atoms with Crippen molar-refractivity contribution in [2.45, 2.75) is 31.2 Å². The average Bonchev–Trinajstić information content (AvgIpc) is 2.87. The number of likely N-dealkylation sites (N-methyl/N-ethyl adjacent to an activating group) is 1. The van der Waals surface area contributed by atoms with Gasteiger partial charge in [0.05, 0.1) is 0 Å². The van der Waals surface area contributed by atoms with Crippen molar-refractivity contribution in [1.82, 2.24) is 4.90 Å². The van der Waals surface area contributed by atoms with Gasteiger partial charge in [-0.05, 0) is 43.3 Å². The summed E-state index contributed by atoms with van der Waals surface area (Å²) >= 11 is 0. The van der Waals surface area contributed by atoms with Crippen LogP contribution < -0.4 is 0 Å². The quantitative estimate of drug-likeness (QED) is 0.764. The second-order valence-electron chi connectivity index (χ2n) is 5.64. The van der Waals surface area contributed by atoms with Crippen LogP contribution in [-0.4, -0.2) is 25.0 Å². The van der Waals surface area contributed by atoms with E-state index in [0.717, 1.165) is 0 Å². The van der Waals surface area contributed by atoms with Crippen LogP contribution in [-0.2, 0) is 0 Å². The molecule has 1 heteroatoms. The molecule has 1 nitrogen and oxygen atoms in total. The maximum absolute atomic E-state index is 2.40. The van der Waals surface area contributed by atoms with Gasteiger partial charge < -0.3 is 4.90 Å². The zero-order chi connectivity index (χ0) is 12.5. The van der Waals surface area contributed by atoms with E-state index in [0.29, 0.717) is 12.0 Å². The molecule has 0 spiro atoms.